The Kier molecular flexibility index (Phi) is 4.71. The molecule has 5 heteroatoms. The van der Waals surface area contributed by atoms with E-state index in [1.807, 2.05) is 6.07 Å². The van der Waals surface area contributed by atoms with Crippen molar-refractivity contribution < 1.29 is 13.9 Å². The topological polar surface area (TPSA) is 26.3 Å². The van der Waals surface area contributed by atoms with E-state index in [1.165, 1.54) is 12.1 Å². The van der Waals surface area contributed by atoms with Crippen LogP contribution in [0.3, 0.4) is 0 Å². The maximum Gasteiger partial charge on any atom is 0.200 e. The number of benzene rings is 2. The van der Waals surface area contributed by atoms with Crippen LogP contribution in [-0.4, -0.2) is 12.4 Å². The molecule has 0 bridgehead atoms. The number of carbonyl (C=O) groups excluding carboxylic acids is 1. The number of ketones is 1. The molecule has 2 rings (SSSR count). The molecule has 0 spiro atoms. The third kappa shape index (κ3) is 3.88. The SMILES string of the molecule is O=C(COc1ccc(Br)c(F)c1)c1cccc(Br)c1. The van der Waals surface area contributed by atoms with Gasteiger partial charge in [0.15, 0.2) is 12.4 Å². The van der Waals surface area contributed by atoms with Crippen molar-refractivity contribution in [2.24, 2.45) is 0 Å². The number of hydrogen-bond donors (Lipinski definition) is 0. The van der Waals surface area contributed by atoms with Crippen LogP contribution in [0.15, 0.2) is 51.4 Å². The van der Waals surface area contributed by atoms with Gasteiger partial charge >= 0.3 is 0 Å². The van der Waals surface area contributed by atoms with Crippen molar-refractivity contribution in [1.29, 1.82) is 0 Å². The van der Waals surface area contributed by atoms with E-state index in [0.29, 0.717) is 15.8 Å². The van der Waals surface area contributed by atoms with Gasteiger partial charge in [-0.25, -0.2) is 4.39 Å². The lowest BCUT2D eigenvalue weighted by Gasteiger charge is -2.06. The van der Waals surface area contributed by atoms with Crippen LogP contribution in [0.4, 0.5) is 4.39 Å². The second-order valence-corrected chi connectivity index (χ2v) is 5.57. The molecule has 2 aromatic rings. The molecule has 0 unspecified atom stereocenters. The molecule has 19 heavy (non-hydrogen) atoms. The van der Waals surface area contributed by atoms with Crippen molar-refractivity contribution in [3.8, 4) is 5.75 Å². The molecule has 0 amide bonds. The molecule has 0 aliphatic rings. The Morgan fingerprint density at radius 1 is 1.16 bits per heavy atom. The lowest BCUT2D eigenvalue weighted by molar-refractivity contribution is 0.0921. The van der Waals surface area contributed by atoms with Gasteiger partial charge in [0.25, 0.3) is 0 Å². The molecule has 2 aromatic carbocycles. The average Bonchev–Trinajstić information content (AvgIpc) is 2.40. The predicted molar refractivity (Wildman–Crippen MR) is 78.1 cm³/mol. The van der Waals surface area contributed by atoms with Crippen molar-refractivity contribution in [3.05, 3.63) is 62.8 Å². The Balaban J connectivity index is 2.02. The molecule has 0 atom stereocenters. The summed E-state index contributed by atoms with van der Waals surface area (Å²) in [6.07, 6.45) is 0. The van der Waals surface area contributed by atoms with E-state index < -0.39 is 5.82 Å². The van der Waals surface area contributed by atoms with E-state index >= 15 is 0 Å². The zero-order valence-electron chi connectivity index (χ0n) is 9.70. The summed E-state index contributed by atoms with van der Waals surface area (Å²) in [4.78, 5) is 11.9. The Bertz CT molecular complexity index is 614. The maximum absolute atomic E-state index is 13.3. The zero-order chi connectivity index (χ0) is 13.8. The van der Waals surface area contributed by atoms with Gasteiger partial charge in [0.1, 0.15) is 11.6 Å². The van der Waals surface area contributed by atoms with Crippen LogP contribution in [-0.2, 0) is 0 Å². The van der Waals surface area contributed by atoms with Crippen LogP contribution in [0.2, 0.25) is 0 Å². The number of ether oxygens (including phenoxy) is 1. The van der Waals surface area contributed by atoms with E-state index in [4.69, 9.17) is 4.74 Å². The summed E-state index contributed by atoms with van der Waals surface area (Å²) in [6.45, 7) is -0.127. The first-order valence-electron chi connectivity index (χ1n) is 5.43. The highest BCUT2D eigenvalue weighted by atomic mass is 79.9. The lowest BCUT2D eigenvalue weighted by atomic mass is 10.1. The monoisotopic (exact) mass is 386 g/mol. The molecule has 0 saturated heterocycles. The molecular formula is C14H9Br2FO2. The molecule has 0 saturated carbocycles. The summed E-state index contributed by atoms with van der Waals surface area (Å²) in [5, 5.41) is 0. The first kappa shape index (κ1) is 14.2. The number of halogens is 3. The van der Waals surface area contributed by atoms with Crippen molar-refractivity contribution in [2.75, 3.05) is 6.61 Å². The van der Waals surface area contributed by atoms with Gasteiger partial charge in [0.2, 0.25) is 0 Å². The summed E-state index contributed by atoms with van der Waals surface area (Å²) in [5.74, 6) is -0.263. The third-order valence-corrected chi connectivity index (χ3v) is 3.54. The summed E-state index contributed by atoms with van der Waals surface area (Å²) in [6, 6.07) is 11.4. The lowest BCUT2D eigenvalue weighted by Crippen LogP contribution is -2.11. The summed E-state index contributed by atoms with van der Waals surface area (Å²) in [7, 11) is 0. The molecule has 2 nitrogen and oxygen atoms in total. The molecule has 0 fully saturated rings. The Morgan fingerprint density at radius 2 is 1.95 bits per heavy atom. The van der Waals surface area contributed by atoms with Crippen molar-refractivity contribution in [3.63, 3.8) is 0 Å². The van der Waals surface area contributed by atoms with Gasteiger partial charge < -0.3 is 4.74 Å². The highest BCUT2D eigenvalue weighted by molar-refractivity contribution is 9.10. The predicted octanol–water partition coefficient (Wildman–Crippen LogP) is 4.61. The molecule has 0 aliphatic heterocycles. The van der Waals surface area contributed by atoms with Crippen LogP contribution in [0.1, 0.15) is 10.4 Å². The number of carbonyl (C=O) groups is 1. The first-order valence-corrected chi connectivity index (χ1v) is 7.01. The van der Waals surface area contributed by atoms with Crippen molar-refractivity contribution in [1.82, 2.24) is 0 Å². The van der Waals surface area contributed by atoms with Gasteiger partial charge in [-0.3, -0.25) is 4.79 Å². The minimum absolute atomic E-state index is 0.127. The largest absolute Gasteiger partial charge is 0.485 e. The normalized spacial score (nSPS) is 10.3. The van der Waals surface area contributed by atoms with Gasteiger partial charge in [-0.05, 0) is 40.2 Å². The maximum atomic E-state index is 13.3. The molecule has 98 valence electrons. The van der Waals surface area contributed by atoms with Gasteiger partial charge in [0.05, 0.1) is 4.47 Å². The second kappa shape index (κ2) is 6.30. The minimum Gasteiger partial charge on any atom is -0.485 e. The standard InChI is InChI=1S/C14H9Br2FO2/c15-10-3-1-2-9(6-10)14(18)8-19-11-4-5-12(16)13(17)7-11/h1-7H,8H2. The Labute approximate surface area is 126 Å². The smallest absolute Gasteiger partial charge is 0.200 e. The van der Waals surface area contributed by atoms with Crippen molar-refractivity contribution >= 4 is 37.6 Å². The summed E-state index contributed by atoms with van der Waals surface area (Å²) < 4.78 is 19.7. The van der Waals surface area contributed by atoms with Crippen LogP contribution in [0, 0.1) is 5.82 Å². The third-order valence-electron chi connectivity index (χ3n) is 2.41. The Hall–Kier alpha value is -1.20. The molecule has 0 aliphatic carbocycles. The highest BCUT2D eigenvalue weighted by Crippen LogP contribution is 2.21. The van der Waals surface area contributed by atoms with Crippen LogP contribution < -0.4 is 4.74 Å². The van der Waals surface area contributed by atoms with E-state index in [2.05, 4.69) is 31.9 Å². The second-order valence-electron chi connectivity index (χ2n) is 3.80. The van der Waals surface area contributed by atoms with E-state index in [9.17, 15) is 9.18 Å². The fourth-order valence-corrected chi connectivity index (χ4v) is 2.11. The number of hydrogen-bond acceptors (Lipinski definition) is 2. The number of Topliss-reactive ketones (excluding diaryl/α,β-unsaturated/α-hetero) is 1. The summed E-state index contributed by atoms with van der Waals surface area (Å²) in [5.41, 5.74) is 0.548. The van der Waals surface area contributed by atoms with Gasteiger partial charge in [0, 0.05) is 16.1 Å². The van der Waals surface area contributed by atoms with E-state index in [1.54, 1.807) is 24.3 Å². The molecule has 0 heterocycles. The van der Waals surface area contributed by atoms with E-state index in [-0.39, 0.29) is 12.4 Å². The zero-order valence-corrected chi connectivity index (χ0v) is 12.9. The average molecular weight is 388 g/mol. The minimum atomic E-state index is -0.424. The molecule has 0 radical (unpaired) electrons. The molecule has 0 N–H and O–H groups in total. The summed E-state index contributed by atoms with van der Waals surface area (Å²) >= 11 is 6.35. The van der Waals surface area contributed by atoms with Gasteiger partial charge in [-0.15, -0.1) is 0 Å². The fourth-order valence-electron chi connectivity index (χ4n) is 1.46. The molecular weight excluding hydrogens is 379 g/mol. The van der Waals surface area contributed by atoms with Crippen molar-refractivity contribution in [2.45, 2.75) is 0 Å². The quantitative estimate of drug-likeness (QED) is 0.716. The Morgan fingerprint density at radius 3 is 2.63 bits per heavy atom. The highest BCUT2D eigenvalue weighted by Gasteiger charge is 2.08. The number of rotatable bonds is 4. The van der Waals surface area contributed by atoms with Gasteiger partial charge in [-0.1, -0.05) is 28.1 Å². The first-order chi connectivity index (χ1) is 9.06. The van der Waals surface area contributed by atoms with Crippen LogP contribution >= 0.6 is 31.9 Å². The van der Waals surface area contributed by atoms with E-state index in [0.717, 1.165) is 4.47 Å². The van der Waals surface area contributed by atoms with Gasteiger partial charge in [-0.2, -0.15) is 0 Å². The van der Waals surface area contributed by atoms with Crippen LogP contribution in [0.25, 0.3) is 0 Å². The fraction of sp³-hybridized carbons (Fsp3) is 0.0714. The molecule has 0 aromatic heterocycles. The van der Waals surface area contributed by atoms with Crippen LogP contribution in [0.5, 0.6) is 5.75 Å².